The summed E-state index contributed by atoms with van der Waals surface area (Å²) in [5, 5.41) is 0. The Labute approximate surface area is 181 Å². The van der Waals surface area contributed by atoms with Gasteiger partial charge in [-0.2, -0.15) is 0 Å². The molecule has 0 aromatic heterocycles. The van der Waals surface area contributed by atoms with Crippen LogP contribution in [0.5, 0.6) is 0 Å². The van der Waals surface area contributed by atoms with Crippen LogP contribution in [0.1, 0.15) is 16.7 Å². The van der Waals surface area contributed by atoms with Crippen molar-refractivity contribution in [3.05, 3.63) is 108 Å². The van der Waals surface area contributed by atoms with Gasteiger partial charge in [-0.15, -0.1) is 0 Å². The summed E-state index contributed by atoms with van der Waals surface area (Å²) in [6.07, 6.45) is -1.66. The van der Waals surface area contributed by atoms with E-state index in [1.54, 1.807) is 0 Å². The molecule has 1 saturated carbocycles. The quantitative estimate of drug-likeness (QED) is 0.493. The van der Waals surface area contributed by atoms with Crippen LogP contribution in [0.2, 0.25) is 0 Å². The molecule has 1 aliphatic heterocycles. The number of benzene rings is 3. The van der Waals surface area contributed by atoms with Crippen LogP contribution < -0.4 is 0 Å². The maximum absolute atomic E-state index is 12.6. The predicted molar refractivity (Wildman–Crippen MR) is 114 cm³/mol. The van der Waals surface area contributed by atoms with E-state index in [0.29, 0.717) is 19.8 Å². The average molecular weight is 416 g/mol. The highest BCUT2D eigenvalue weighted by Crippen LogP contribution is 2.55. The van der Waals surface area contributed by atoms with Crippen LogP contribution in [0.15, 0.2) is 91.0 Å². The smallest absolute Gasteiger partial charge is 0.339 e. The van der Waals surface area contributed by atoms with Crippen LogP contribution in [-0.4, -0.2) is 29.9 Å². The molecule has 0 bridgehead atoms. The van der Waals surface area contributed by atoms with E-state index in [2.05, 4.69) is 0 Å². The Morgan fingerprint density at radius 2 is 1.16 bits per heavy atom. The Kier molecular flexibility index (Phi) is 5.55. The summed E-state index contributed by atoms with van der Waals surface area (Å²) in [6, 6.07) is 29.5. The fraction of sp³-hybridized carbons (Fsp3) is 0.269. The van der Waals surface area contributed by atoms with Crippen LogP contribution in [0.4, 0.5) is 0 Å². The third kappa shape index (κ3) is 4.00. The van der Waals surface area contributed by atoms with E-state index in [4.69, 9.17) is 18.9 Å². The molecule has 0 spiro atoms. The van der Waals surface area contributed by atoms with Crippen LogP contribution in [0.3, 0.4) is 0 Å². The Morgan fingerprint density at radius 3 is 1.71 bits per heavy atom. The number of ether oxygens (including phenoxy) is 4. The zero-order chi connectivity index (χ0) is 21.1. The molecule has 0 radical (unpaired) electrons. The lowest BCUT2D eigenvalue weighted by Gasteiger charge is -2.23. The highest BCUT2D eigenvalue weighted by Gasteiger charge is 2.81. The van der Waals surface area contributed by atoms with Gasteiger partial charge in [0.05, 0.1) is 19.8 Å². The van der Waals surface area contributed by atoms with Gasteiger partial charge in [0.15, 0.2) is 17.8 Å². The molecule has 3 aromatic rings. The summed E-state index contributed by atoms with van der Waals surface area (Å²) in [4.78, 5) is 12.6. The first kappa shape index (κ1) is 19.9. The van der Waals surface area contributed by atoms with Gasteiger partial charge in [0.25, 0.3) is 0 Å². The highest BCUT2D eigenvalue weighted by atomic mass is 16.7. The number of carbonyl (C=O) groups is 1. The minimum atomic E-state index is -0.934. The average Bonchev–Trinajstić information content (AvgIpc) is 3.32. The molecular formula is C26H24O5. The van der Waals surface area contributed by atoms with Crippen molar-refractivity contribution in [3.8, 4) is 0 Å². The lowest BCUT2D eigenvalue weighted by molar-refractivity contribution is -0.166. The van der Waals surface area contributed by atoms with E-state index in [1.165, 1.54) is 0 Å². The second-order valence-electron chi connectivity index (χ2n) is 7.88. The number of rotatable bonds is 9. The maximum atomic E-state index is 12.6. The molecule has 158 valence electrons. The summed E-state index contributed by atoms with van der Waals surface area (Å²) < 4.78 is 24.1. The second-order valence-corrected chi connectivity index (χ2v) is 7.88. The van der Waals surface area contributed by atoms with Gasteiger partial charge in [-0.05, 0) is 16.7 Å². The van der Waals surface area contributed by atoms with E-state index in [-0.39, 0.29) is 6.10 Å². The fourth-order valence-corrected chi connectivity index (χ4v) is 4.10. The van der Waals surface area contributed by atoms with Gasteiger partial charge >= 0.3 is 5.97 Å². The van der Waals surface area contributed by atoms with E-state index in [1.807, 2.05) is 91.0 Å². The van der Waals surface area contributed by atoms with Crippen molar-refractivity contribution < 1.29 is 23.7 Å². The van der Waals surface area contributed by atoms with E-state index >= 15 is 0 Å². The summed E-state index contributed by atoms with van der Waals surface area (Å²) in [6.45, 7) is 1.07. The Hall–Kier alpha value is -2.99. The van der Waals surface area contributed by atoms with E-state index < -0.39 is 23.8 Å². The first-order valence-electron chi connectivity index (χ1n) is 10.5. The van der Waals surface area contributed by atoms with Crippen LogP contribution >= 0.6 is 0 Å². The van der Waals surface area contributed by atoms with Crippen molar-refractivity contribution in [1.29, 1.82) is 0 Å². The largest absolute Gasteiger partial charge is 0.454 e. The molecule has 3 aromatic carbocycles. The Bertz CT molecular complexity index is 1010. The van der Waals surface area contributed by atoms with Crippen molar-refractivity contribution >= 4 is 5.97 Å². The van der Waals surface area contributed by atoms with Crippen LogP contribution in [0, 0.1) is 0 Å². The second kappa shape index (κ2) is 8.63. The van der Waals surface area contributed by atoms with Gasteiger partial charge in [-0.1, -0.05) is 91.0 Å². The zero-order valence-electron chi connectivity index (χ0n) is 17.1. The highest BCUT2D eigenvalue weighted by molar-refractivity contribution is 5.82. The lowest BCUT2D eigenvalue weighted by Crippen LogP contribution is -2.41. The number of hydrogen-bond donors (Lipinski definition) is 0. The first-order valence-corrected chi connectivity index (χ1v) is 10.5. The molecular weight excluding hydrogens is 392 g/mol. The Morgan fingerprint density at radius 1 is 0.677 bits per heavy atom. The summed E-state index contributed by atoms with van der Waals surface area (Å²) in [5.41, 5.74) is 2.12. The SMILES string of the molecule is O=C1O[C@@H]2C(OCc3ccccc3)[C@]2(OCc2ccccc2)[C@H]1OCc1ccccc1. The molecule has 0 amide bonds. The minimum absolute atomic E-state index is 0.301. The fourth-order valence-electron chi connectivity index (χ4n) is 4.10. The molecule has 5 nitrogen and oxygen atoms in total. The van der Waals surface area contributed by atoms with Crippen LogP contribution in [-0.2, 0) is 43.6 Å². The normalized spacial score (nSPS) is 26.3. The lowest BCUT2D eigenvalue weighted by atomic mass is 10.1. The van der Waals surface area contributed by atoms with Crippen LogP contribution in [0.25, 0.3) is 0 Å². The minimum Gasteiger partial charge on any atom is -0.454 e. The molecule has 1 unspecified atom stereocenters. The predicted octanol–water partition coefficient (Wildman–Crippen LogP) is 4.05. The Balaban J connectivity index is 1.33. The van der Waals surface area contributed by atoms with E-state index in [0.717, 1.165) is 16.7 Å². The number of carbonyl (C=O) groups excluding carboxylic acids is 1. The topological polar surface area (TPSA) is 54.0 Å². The van der Waals surface area contributed by atoms with Gasteiger partial charge in [-0.3, -0.25) is 0 Å². The summed E-state index contributed by atoms with van der Waals surface area (Å²) in [7, 11) is 0. The third-order valence-corrected chi connectivity index (χ3v) is 5.79. The van der Waals surface area contributed by atoms with Gasteiger partial charge in [-0.25, -0.2) is 4.79 Å². The van der Waals surface area contributed by atoms with Gasteiger partial charge < -0.3 is 18.9 Å². The number of fused-ring (bicyclic) bond motifs is 1. The molecule has 4 atom stereocenters. The number of hydrogen-bond acceptors (Lipinski definition) is 5. The third-order valence-electron chi connectivity index (χ3n) is 5.79. The van der Waals surface area contributed by atoms with Gasteiger partial charge in [0, 0.05) is 0 Å². The van der Waals surface area contributed by atoms with Gasteiger partial charge in [0.2, 0.25) is 0 Å². The maximum Gasteiger partial charge on any atom is 0.339 e. The van der Waals surface area contributed by atoms with Gasteiger partial charge in [0.1, 0.15) is 6.10 Å². The van der Waals surface area contributed by atoms with Crippen molar-refractivity contribution in [3.63, 3.8) is 0 Å². The molecule has 5 heteroatoms. The molecule has 2 aliphatic rings. The van der Waals surface area contributed by atoms with Crippen molar-refractivity contribution in [2.45, 2.75) is 43.7 Å². The van der Waals surface area contributed by atoms with E-state index in [9.17, 15) is 4.79 Å². The zero-order valence-corrected chi connectivity index (χ0v) is 17.1. The molecule has 1 aliphatic carbocycles. The summed E-state index contributed by atoms with van der Waals surface area (Å²) in [5.74, 6) is -0.395. The van der Waals surface area contributed by atoms with Crippen molar-refractivity contribution in [1.82, 2.24) is 0 Å². The molecule has 5 rings (SSSR count). The number of esters is 1. The van der Waals surface area contributed by atoms with Crippen molar-refractivity contribution in [2.75, 3.05) is 0 Å². The molecule has 1 heterocycles. The molecule has 1 saturated heterocycles. The standard InChI is InChI=1S/C26H24O5/c27-25-24(29-17-20-12-6-2-7-13-20)26(30-18-21-14-8-3-9-15-21)22(23(26)31-25)28-16-19-10-4-1-5-11-19/h1-15,22-24H,16-18H2/t22?,23-,24+,26-/m1/s1. The monoisotopic (exact) mass is 416 g/mol. The molecule has 0 N–H and O–H groups in total. The first-order chi connectivity index (χ1) is 15.3. The molecule has 31 heavy (non-hydrogen) atoms. The van der Waals surface area contributed by atoms with Crippen molar-refractivity contribution in [2.24, 2.45) is 0 Å². The molecule has 2 fully saturated rings. The summed E-state index contributed by atoms with van der Waals surface area (Å²) >= 11 is 0.